The Labute approximate surface area is 124 Å². The predicted molar refractivity (Wildman–Crippen MR) is 78.5 cm³/mol. The first-order valence-corrected chi connectivity index (χ1v) is 7.25. The van der Waals surface area contributed by atoms with Gasteiger partial charge in [0.15, 0.2) is 0 Å². The van der Waals surface area contributed by atoms with E-state index in [2.05, 4.69) is 13.8 Å². The molecule has 21 heavy (non-hydrogen) atoms. The van der Waals surface area contributed by atoms with E-state index in [1.165, 1.54) is 4.90 Å². The van der Waals surface area contributed by atoms with Gasteiger partial charge in [-0.1, -0.05) is 19.9 Å². The fraction of sp³-hybridized carbons (Fsp3) is 0.500. The summed E-state index contributed by atoms with van der Waals surface area (Å²) in [4.78, 5) is 25.1. The van der Waals surface area contributed by atoms with Crippen LogP contribution in [0.3, 0.4) is 0 Å². The third-order valence-corrected chi connectivity index (χ3v) is 3.46. The second kappa shape index (κ2) is 6.61. The molecule has 1 aliphatic rings. The van der Waals surface area contributed by atoms with Crippen molar-refractivity contribution in [3.63, 3.8) is 0 Å². The molecule has 1 N–H and O–H groups in total. The lowest BCUT2D eigenvalue weighted by Gasteiger charge is -2.21. The van der Waals surface area contributed by atoms with Crippen LogP contribution < -0.4 is 4.74 Å². The van der Waals surface area contributed by atoms with E-state index in [1.807, 2.05) is 0 Å². The molecule has 1 amide bonds. The van der Waals surface area contributed by atoms with Crippen molar-refractivity contribution < 1.29 is 19.4 Å². The Kier molecular flexibility index (Phi) is 4.83. The van der Waals surface area contributed by atoms with Crippen LogP contribution in [0.25, 0.3) is 0 Å². The summed E-state index contributed by atoms with van der Waals surface area (Å²) < 4.78 is 5.61. The first-order valence-electron chi connectivity index (χ1n) is 7.25. The SMILES string of the molecule is CC(C)COc1cccc(C(=O)N2CCC[C@H]2C(=O)O)c1. The molecular formula is C16H21NO4. The third kappa shape index (κ3) is 3.74. The second-order valence-electron chi connectivity index (χ2n) is 5.73. The fourth-order valence-corrected chi connectivity index (χ4v) is 2.41. The molecule has 0 bridgehead atoms. The Hall–Kier alpha value is -2.04. The minimum absolute atomic E-state index is 0.241. The molecule has 1 saturated heterocycles. The van der Waals surface area contributed by atoms with Gasteiger partial charge in [-0.3, -0.25) is 4.79 Å². The standard InChI is InChI=1S/C16H21NO4/c1-11(2)10-21-13-6-3-5-12(9-13)15(18)17-8-4-7-14(17)16(19)20/h3,5-6,9,11,14H,4,7-8,10H2,1-2H3,(H,19,20)/t14-/m0/s1. The van der Waals surface area contributed by atoms with Gasteiger partial charge in [-0.15, -0.1) is 0 Å². The maximum Gasteiger partial charge on any atom is 0.326 e. The zero-order chi connectivity index (χ0) is 15.4. The molecule has 2 rings (SSSR count). The van der Waals surface area contributed by atoms with E-state index in [9.17, 15) is 9.59 Å². The molecule has 114 valence electrons. The normalized spacial score (nSPS) is 18.0. The number of likely N-dealkylation sites (tertiary alicyclic amines) is 1. The number of hydrogen-bond donors (Lipinski definition) is 1. The topological polar surface area (TPSA) is 66.8 Å². The maximum absolute atomic E-state index is 12.5. The van der Waals surface area contributed by atoms with Crippen LogP contribution in [0.5, 0.6) is 5.75 Å². The number of ether oxygens (including phenoxy) is 1. The van der Waals surface area contributed by atoms with E-state index < -0.39 is 12.0 Å². The van der Waals surface area contributed by atoms with Gasteiger partial charge in [0.2, 0.25) is 0 Å². The van der Waals surface area contributed by atoms with Crippen molar-refractivity contribution in [1.29, 1.82) is 0 Å². The van der Waals surface area contributed by atoms with E-state index in [4.69, 9.17) is 9.84 Å². The lowest BCUT2D eigenvalue weighted by atomic mass is 10.1. The van der Waals surface area contributed by atoms with E-state index in [1.54, 1.807) is 24.3 Å². The van der Waals surface area contributed by atoms with Crippen LogP contribution in [0.15, 0.2) is 24.3 Å². The Bertz CT molecular complexity index is 527. The Morgan fingerprint density at radius 1 is 1.43 bits per heavy atom. The summed E-state index contributed by atoms with van der Waals surface area (Å²) >= 11 is 0. The Balaban J connectivity index is 2.12. The van der Waals surface area contributed by atoms with E-state index in [0.717, 1.165) is 6.42 Å². The second-order valence-corrected chi connectivity index (χ2v) is 5.73. The number of rotatable bonds is 5. The molecule has 1 aromatic carbocycles. The molecule has 0 saturated carbocycles. The molecule has 0 spiro atoms. The van der Waals surface area contributed by atoms with E-state index >= 15 is 0 Å². The van der Waals surface area contributed by atoms with Gasteiger partial charge in [0, 0.05) is 12.1 Å². The Morgan fingerprint density at radius 3 is 2.86 bits per heavy atom. The largest absolute Gasteiger partial charge is 0.493 e. The average Bonchev–Trinajstić information content (AvgIpc) is 2.94. The number of carboxylic acids is 1. The van der Waals surface area contributed by atoms with Gasteiger partial charge in [-0.05, 0) is 37.0 Å². The number of carbonyl (C=O) groups is 2. The summed E-state index contributed by atoms with van der Waals surface area (Å²) in [7, 11) is 0. The van der Waals surface area contributed by atoms with Gasteiger partial charge in [0.25, 0.3) is 5.91 Å². The van der Waals surface area contributed by atoms with Crippen molar-refractivity contribution in [2.75, 3.05) is 13.2 Å². The molecule has 0 aromatic heterocycles. The highest BCUT2D eigenvalue weighted by Gasteiger charge is 2.34. The van der Waals surface area contributed by atoms with Crippen LogP contribution in [0, 0.1) is 5.92 Å². The number of carboxylic acid groups (broad SMARTS) is 1. The van der Waals surface area contributed by atoms with Crippen molar-refractivity contribution in [3.8, 4) is 5.75 Å². The van der Waals surface area contributed by atoms with Gasteiger partial charge in [-0.2, -0.15) is 0 Å². The van der Waals surface area contributed by atoms with Gasteiger partial charge >= 0.3 is 5.97 Å². The van der Waals surface area contributed by atoms with E-state index in [0.29, 0.717) is 36.8 Å². The summed E-state index contributed by atoms with van der Waals surface area (Å²) in [5.74, 6) is -0.136. The highest BCUT2D eigenvalue weighted by molar-refractivity contribution is 5.97. The Morgan fingerprint density at radius 2 is 2.19 bits per heavy atom. The van der Waals surface area contributed by atoms with Crippen molar-refractivity contribution >= 4 is 11.9 Å². The summed E-state index contributed by atoms with van der Waals surface area (Å²) in [5, 5.41) is 9.16. The number of amides is 1. The summed E-state index contributed by atoms with van der Waals surface area (Å²) in [6.07, 6.45) is 1.25. The molecule has 1 atom stereocenters. The highest BCUT2D eigenvalue weighted by atomic mass is 16.5. The van der Waals surface area contributed by atoms with Crippen LogP contribution in [-0.4, -0.2) is 41.1 Å². The number of aliphatic carboxylic acids is 1. The monoisotopic (exact) mass is 291 g/mol. The van der Waals surface area contributed by atoms with Crippen LogP contribution in [0.2, 0.25) is 0 Å². The number of hydrogen-bond acceptors (Lipinski definition) is 3. The lowest BCUT2D eigenvalue weighted by molar-refractivity contribution is -0.141. The van der Waals surface area contributed by atoms with Gasteiger partial charge in [-0.25, -0.2) is 4.79 Å². The van der Waals surface area contributed by atoms with Crippen LogP contribution in [0.1, 0.15) is 37.0 Å². The molecule has 1 fully saturated rings. The smallest absolute Gasteiger partial charge is 0.326 e. The number of carbonyl (C=O) groups excluding carboxylic acids is 1. The molecule has 0 aliphatic carbocycles. The molecule has 1 aromatic rings. The number of nitrogens with zero attached hydrogens (tertiary/aromatic N) is 1. The van der Waals surface area contributed by atoms with Crippen molar-refractivity contribution in [2.24, 2.45) is 5.92 Å². The molecule has 1 aliphatic heterocycles. The van der Waals surface area contributed by atoms with E-state index in [-0.39, 0.29) is 5.91 Å². The van der Waals surface area contributed by atoms with Gasteiger partial charge in [0.05, 0.1) is 6.61 Å². The minimum atomic E-state index is -0.937. The van der Waals surface area contributed by atoms with Crippen molar-refractivity contribution in [1.82, 2.24) is 4.90 Å². The first kappa shape index (κ1) is 15.4. The quantitative estimate of drug-likeness (QED) is 0.904. The average molecular weight is 291 g/mol. The molecule has 0 unspecified atom stereocenters. The molecule has 5 nitrogen and oxygen atoms in total. The summed E-state index contributed by atoms with van der Waals surface area (Å²) in [6.45, 7) is 5.18. The zero-order valence-electron chi connectivity index (χ0n) is 12.4. The molecule has 1 heterocycles. The van der Waals surface area contributed by atoms with Crippen LogP contribution in [0.4, 0.5) is 0 Å². The highest BCUT2D eigenvalue weighted by Crippen LogP contribution is 2.22. The summed E-state index contributed by atoms with van der Waals surface area (Å²) in [6, 6.07) is 6.23. The third-order valence-electron chi connectivity index (χ3n) is 3.46. The van der Waals surface area contributed by atoms with Crippen LogP contribution in [-0.2, 0) is 4.79 Å². The van der Waals surface area contributed by atoms with Crippen molar-refractivity contribution in [3.05, 3.63) is 29.8 Å². The molecular weight excluding hydrogens is 270 g/mol. The van der Waals surface area contributed by atoms with Gasteiger partial charge in [0.1, 0.15) is 11.8 Å². The lowest BCUT2D eigenvalue weighted by Crippen LogP contribution is -2.40. The molecule has 0 radical (unpaired) electrons. The first-order chi connectivity index (χ1) is 9.99. The summed E-state index contributed by atoms with van der Waals surface area (Å²) in [5.41, 5.74) is 0.476. The van der Waals surface area contributed by atoms with Gasteiger partial charge < -0.3 is 14.7 Å². The molecule has 5 heteroatoms. The fourth-order valence-electron chi connectivity index (χ4n) is 2.41. The maximum atomic E-state index is 12.5. The number of benzene rings is 1. The predicted octanol–water partition coefficient (Wildman–Crippen LogP) is 2.41. The minimum Gasteiger partial charge on any atom is -0.493 e. The van der Waals surface area contributed by atoms with Crippen molar-refractivity contribution in [2.45, 2.75) is 32.7 Å². The van der Waals surface area contributed by atoms with Crippen LogP contribution >= 0.6 is 0 Å². The zero-order valence-corrected chi connectivity index (χ0v) is 12.4.